The van der Waals surface area contributed by atoms with Crippen LogP contribution in [0.3, 0.4) is 0 Å². The monoisotopic (exact) mass is 494 g/mol. The number of aromatic nitrogens is 2. The Morgan fingerprint density at radius 2 is 2.00 bits per heavy atom. The number of ether oxygens (including phenoxy) is 1. The molecule has 1 aromatic carbocycles. The Labute approximate surface area is 210 Å². The molecule has 6 nitrogen and oxygen atoms in total. The lowest BCUT2D eigenvalue weighted by Gasteiger charge is -2.34. The van der Waals surface area contributed by atoms with Crippen molar-refractivity contribution in [2.24, 2.45) is 11.7 Å². The lowest BCUT2D eigenvalue weighted by molar-refractivity contribution is 0.111. The largest absolute Gasteiger partial charge is 0.387 e. The lowest BCUT2D eigenvalue weighted by atomic mass is 9.73. The molecule has 0 radical (unpaired) electrons. The van der Waals surface area contributed by atoms with E-state index in [1.807, 2.05) is 32.3 Å². The first-order chi connectivity index (χ1) is 17.4. The second-order valence-corrected chi connectivity index (χ2v) is 9.38. The third-order valence-corrected chi connectivity index (χ3v) is 6.84. The van der Waals surface area contributed by atoms with Gasteiger partial charge in [0.1, 0.15) is 23.0 Å². The quantitative estimate of drug-likeness (QED) is 0.394. The molecule has 2 aromatic heterocycles. The van der Waals surface area contributed by atoms with Crippen molar-refractivity contribution in [2.45, 2.75) is 51.2 Å². The number of carbonyl (C=O) groups excluding carboxylic acids is 1. The van der Waals surface area contributed by atoms with Crippen LogP contribution in [0.5, 0.6) is 0 Å². The highest BCUT2D eigenvalue weighted by atomic mass is 19.1. The average molecular weight is 495 g/mol. The molecule has 2 heterocycles. The van der Waals surface area contributed by atoms with Gasteiger partial charge in [-0.2, -0.15) is 0 Å². The van der Waals surface area contributed by atoms with Gasteiger partial charge in [-0.15, -0.1) is 0 Å². The highest BCUT2D eigenvalue weighted by Gasteiger charge is 2.31. The first kappa shape index (κ1) is 25.9. The number of anilines is 1. The van der Waals surface area contributed by atoms with E-state index in [2.05, 4.69) is 15.3 Å². The molecule has 1 aliphatic carbocycles. The summed E-state index contributed by atoms with van der Waals surface area (Å²) in [7, 11) is 1.87. The minimum absolute atomic E-state index is 0.0141. The number of rotatable bonds is 9. The Kier molecular flexibility index (Phi) is 8.38. The van der Waals surface area contributed by atoms with Crippen LogP contribution in [0.1, 0.15) is 59.3 Å². The Balaban J connectivity index is 1.72. The highest BCUT2D eigenvalue weighted by Crippen LogP contribution is 2.41. The van der Waals surface area contributed by atoms with Crippen molar-refractivity contribution < 1.29 is 18.3 Å². The molecular formula is C28H32F2N4O2. The molecule has 190 valence electrons. The molecule has 8 heteroatoms. The SMILES string of the molecule is CCOCc1cc(F)c(-c2nc(C=O)ccc2F)c(C[C@@H]2CC(N)CC(c3ccncc3NC)C2)c1. The van der Waals surface area contributed by atoms with E-state index in [1.165, 1.54) is 12.1 Å². The standard InChI is InChI=1S/C28H32F2N4O2/c1-3-36-16-18-10-20(27(25(30)12-18)28-24(29)5-4-22(15-35)34-28)9-17-8-19(13-21(31)11-17)23-6-7-33-14-26(23)32-2/h4-7,10,12,14-15,17,19,21,32H,3,8-9,11,13,16,31H2,1-2H3/t17-,19?,21?/m1/s1. The van der Waals surface area contributed by atoms with Gasteiger partial charge < -0.3 is 15.8 Å². The van der Waals surface area contributed by atoms with Gasteiger partial charge in [0.15, 0.2) is 6.29 Å². The molecule has 1 fully saturated rings. The molecule has 4 rings (SSSR count). The van der Waals surface area contributed by atoms with E-state index in [4.69, 9.17) is 10.5 Å². The van der Waals surface area contributed by atoms with Crippen molar-refractivity contribution in [1.29, 1.82) is 0 Å². The highest BCUT2D eigenvalue weighted by molar-refractivity contribution is 5.75. The number of carbonyl (C=O) groups is 1. The minimum atomic E-state index is -0.674. The van der Waals surface area contributed by atoms with Gasteiger partial charge in [-0.3, -0.25) is 9.78 Å². The summed E-state index contributed by atoms with van der Waals surface area (Å²) in [6.07, 6.45) is 7.10. The Hall–Kier alpha value is -3.23. The van der Waals surface area contributed by atoms with Crippen molar-refractivity contribution in [3.8, 4) is 11.3 Å². The van der Waals surface area contributed by atoms with E-state index in [1.54, 1.807) is 6.20 Å². The van der Waals surface area contributed by atoms with Crippen molar-refractivity contribution >= 4 is 12.0 Å². The number of halogens is 2. The van der Waals surface area contributed by atoms with Crippen LogP contribution in [0.25, 0.3) is 11.3 Å². The van der Waals surface area contributed by atoms with E-state index in [0.717, 1.165) is 36.6 Å². The summed E-state index contributed by atoms with van der Waals surface area (Å²) >= 11 is 0. The number of pyridine rings is 2. The maximum atomic E-state index is 15.5. The molecule has 0 bridgehead atoms. The summed E-state index contributed by atoms with van der Waals surface area (Å²) < 4.78 is 35.9. The molecule has 3 atom stereocenters. The second kappa shape index (κ2) is 11.7. The molecule has 1 saturated carbocycles. The molecule has 0 aliphatic heterocycles. The lowest BCUT2D eigenvalue weighted by Crippen LogP contribution is -2.33. The van der Waals surface area contributed by atoms with Crippen molar-refractivity contribution in [3.05, 3.63) is 76.7 Å². The Morgan fingerprint density at radius 1 is 1.17 bits per heavy atom. The van der Waals surface area contributed by atoms with Gasteiger partial charge in [0.2, 0.25) is 0 Å². The first-order valence-electron chi connectivity index (χ1n) is 12.3. The van der Waals surface area contributed by atoms with Crippen LogP contribution < -0.4 is 11.1 Å². The molecule has 0 amide bonds. The van der Waals surface area contributed by atoms with Gasteiger partial charge >= 0.3 is 0 Å². The van der Waals surface area contributed by atoms with Gasteiger partial charge in [0.05, 0.1) is 18.5 Å². The number of hydrogen-bond acceptors (Lipinski definition) is 6. The molecule has 1 aliphatic rings. The van der Waals surface area contributed by atoms with E-state index in [9.17, 15) is 9.18 Å². The zero-order valence-corrected chi connectivity index (χ0v) is 20.6. The number of hydrogen-bond donors (Lipinski definition) is 2. The molecule has 0 spiro atoms. The summed E-state index contributed by atoms with van der Waals surface area (Å²) in [5.74, 6) is -0.890. The van der Waals surface area contributed by atoms with Crippen LogP contribution in [0.15, 0.2) is 42.7 Å². The maximum Gasteiger partial charge on any atom is 0.168 e. The summed E-state index contributed by atoms with van der Waals surface area (Å²) in [6, 6.07) is 7.66. The normalized spacial score (nSPS) is 19.8. The summed E-state index contributed by atoms with van der Waals surface area (Å²) in [5, 5.41) is 3.21. The fourth-order valence-corrected chi connectivity index (χ4v) is 5.34. The van der Waals surface area contributed by atoms with Crippen LogP contribution in [0, 0.1) is 17.6 Å². The molecule has 3 aromatic rings. The molecular weight excluding hydrogens is 462 g/mol. The molecule has 3 N–H and O–H groups in total. The van der Waals surface area contributed by atoms with Crippen LogP contribution in [-0.4, -0.2) is 36.0 Å². The van der Waals surface area contributed by atoms with Crippen molar-refractivity contribution in [1.82, 2.24) is 9.97 Å². The maximum absolute atomic E-state index is 15.5. The molecule has 0 saturated heterocycles. The van der Waals surface area contributed by atoms with E-state index >= 15 is 4.39 Å². The van der Waals surface area contributed by atoms with E-state index in [-0.39, 0.29) is 41.4 Å². The smallest absolute Gasteiger partial charge is 0.168 e. The minimum Gasteiger partial charge on any atom is -0.387 e. The fraction of sp³-hybridized carbons (Fsp3) is 0.393. The molecule has 36 heavy (non-hydrogen) atoms. The van der Waals surface area contributed by atoms with Crippen LogP contribution >= 0.6 is 0 Å². The predicted octanol–water partition coefficient (Wildman–Crippen LogP) is 5.27. The summed E-state index contributed by atoms with van der Waals surface area (Å²) in [4.78, 5) is 19.6. The number of benzene rings is 1. The number of nitrogens with zero attached hydrogens (tertiary/aromatic N) is 2. The van der Waals surface area contributed by atoms with Crippen molar-refractivity contribution in [2.75, 3.05) is 19.0 Å². The number of nitrogens with two attached hydrogens (primary N) is 1. The number of aldehydes is 1. The predicted molar refractivity (Wildman–Crippen MR) is 136 cm³/mol. The summed E-state index contributed by atoms with van der Waals surface area (Å²) in [5.41, 5.74) is 9.92. The van der Waals surface area contributed by atoms with Crippen molar-refractivity contribution in [3.63, 3.8) is 0 Å². The van der Waals surface area contributed by atoms with Gasteiger partial charge in [0, 0.05) is 31.5 Å². The van der Waals surface area contributed by atoms with Crippen LogP contribution in [0.2, 0.25) is 0 Å². The van der Waals surface area contributed by atoms with Gasteiger partial charge in [0.25, 0.3) is 0 Å². The third kappa shape index (κ3) is 5.77. The average Bonchev–Trinajstić information content (AvgIpc) is 2.87. The number of nitrogens with one attached hydrogen (secondary N) is 1. The van der Waals surface area contributed by atoms with E-state index in [0.29, 0.717) is 30.4 Å². The Morgan fingerprint density at radius 3 is 2.75 bits per heavy atom. The van der Waals surface area contributed by atoms with Gasteiger partial charge in [-0.1, -0.05) is 6.07 Å². The van der Waals surface area contributed by atoms with E-state index < -0.39 is 11.6 Å². The first-order valence-corrected chi connectivity index (χ1v) is 12.3. The summed E-state index contributed by atoms with van der Waals surface area (Å²) in [6.45, 7) is 2.62. The van der Waals surface area contributed by atoms with Crippen LogP contribution in [-0.2, 0) is 17.8 Å². The zero-order chi connectivity index (χ0) is 25.7. The zero-order valence-electron chi connectivity index (χ0n) is 20.6. The second-order valence-electron chi connectivity index (χ2n) is 9.38. The Bertz CT molecular complexity index is 1220. The fourth-order valence-electron chi connectivity index (χ4n) is 5.34. The van der Waals surface area contributed by atoms with Gasteiger partial charge in [-0.05, 0) is 85.4 Å². The topological polar surface area (TPSA) is 90.1 Å². The van der Waals surface area contributed by atoms with Gasteiger partial charge in [-0.25, -0.2) is 13.8 Å². The van der Waals surface area contributed by atoms with Crippen LogP contribution in [0.4, 0.5) is 14.5 Å². The molecule has 2 unspecified atom stereocenters. The third-order valence-electron chi connectivity index (χ3n) is 6.84.